The number of rotatable bonds is 12. The van der Waals surface area contributed by atoms with Crippen LogP contribution >= 0.6 is 15.9 Å². The fraction of sp³-hybridized carbons (Fsp3) is 0.235. The standard InChI is InChI=1S/C34H36BrN3O4S/c1-4-36-34(40)32(22-27-12-7-5-8-13-27)37(23-28-14-11-15-29(35)21-28)33(39)24-38(30-19-25(2)18-26(3)20-30)43(41,42)31-16-9-6-10-17-31/h5-21,32H,4,22-24H2,1-3H3,(H,36,40). The van der Waals surface area contributed by atoms with Gasteiger partial charge in [0.25, 0.3) is 10.0 Å². The van der Waals surface area contributed by atoms with Gasteiger partial charge in [-0.3, -0.25) is 13.9 Å². The quantitative estimate of drug-likeness (QED) is 0.201. The first-order valence-corrected chi connectivity index (χ1v) is 16.3. The molecule has 1 unspecified atom stereocenters. The van der Waals surface area contributed by atoms with Gasteiger partial charge in [-0.2, -0.15) is 0 Å². The zero-order chi connectivity index (χ0) is 31.0. The Balaban J connectivity index is 1.81. The summed E-state index contributed by atoms with van der Waals surface area (Å²) in [6.45, 7) is 5.61. The minimum absolute atomic E-state index is 0.0741. The Labute approximate surface area is 262 Å². The second-order valence-corrected chi connectivity index (χ2v) is 13.2. The molecule has 0 saturated heterocycles. The second-order valence-electron chi connectivity index (χ2n) is 10.4. The topological polar surface area (TPSA) is 86.8 Å². The number of nitrogens with zero attached hydrogens (tertiary/aromatic N) is 2. The fourth-order valence-electron chi connectivity index (χ4n) is 5.02. The van der Waals surface area contributed by atoms with Crippen molar-refractivity contribution in [2.24, 2.45) is 0 Å². The summed E-state index contributed by atoms with van der Waals surface area (Å²) in [6, 6.07) is 29.7. The van der Waals surface area contributed by atoms with E-state index in [1.54, 1.807) is 30.3 Å². The first kappa shape index (κ1) is 32.0. The Bertz CT molecular complexity index is 1640. The number of halogens is 1. The van der Waals surface area contributed by atoms with Crippen LogP contribution in [0.5, 0.6) is 0 Å². The molecule has 0 aliphatic carbocycles. The van der Waals surface area contributed by atoms with Crippen LogP contribution in [0.3, 0.4) is 0 Å². The lowest BCUT2D eigenvalue weighted by Crippen LogP contribution is -2.53. The molecule has 0 aliphatic rings. The summed E-state index contributed by atoms with van der Waals surface area (Å²) in [7, 11) is -4.13. The van der Waals surface area contributed by atoms with Crippen molar-refractivity contribution >= 4 is 43.5 Å². The Morgan fingerprint density at radius 3 is 2.02 bits per heavy atom. The minimum Gasteiger partial charge on any atom is -0.355 e. The van der Waals surface area contributed by atoms with E-state index >= 15 is 0 Å². The Hall–Kier alpha value is -3.95. The van der Waals surface area contributed by atoms with Gasteiger partial charge in [-0.15, -0.1) is 0 Å². The zero-order valence-electron chi connectivity index (χ0n) is 24.5. The van der Waals surface area contributed by atoms with Crippen molar-refractivity contribution in [3.05, 3.63) is 130 Å². The molecule has 0 aromatic heterocycles. The molecule has 7 nitrogen and oxygen atoms in total. The van der Waals surface area contributed by atoms with Crippen molar-refractivity contribution in [2.75, 3.05) is 17.4 Å². The van der Waals surface area contributed by atoms with Crippen LogP contribution in [0, 0.1) is 13.8 Å². The minimum atomic E-state index is -4.13. The third-order valence-corrected chi connectivity index (χ3v) is 9.25. The van der Waals surface area contributed by atoms with E-state index in [0.29, 0.717) is 12.2 Å². The van der Waals surface area contributed by atoms with Crippen molar-refractivity contribution in [1.82, 2.24) is 10.2 Å². The molecule has 224 valence electrons. The maximum atomic E-state index is 14.4. The SMILES string of the molecule is CCNC(=O)C(Cc1ccccc1)N(Cc1cccc(Br)c1)C(=O)CN(c1cc(C)cc(C)c1)S(=O)(=O)c1ccccc1. The molecule has 0 radical (unpaired) electrons. The molecule has 0 fully saturated rings. The highest BCUT2D eigenvalue weighted by atomic mass is 79.9. The fourth-order valence-corrected chi connectivity index (χ4v) is 6.89. The molecule has 0 heterocycles. The summed E-state index contributed by atoms with van der Waals surface area (Å²) in [4.78, 5) is 29.6. The van der Waals surface area contributed by atoms with E-state index in [1.165, 1.54) is 17.0 Å². The molecular formula is C34H36BrN3O4S. The molecule has 0 bridgehead atoms. The summed E-state index contributed by atoms with van der Waals surface area (Å²) >= 11 is 3.50. The molecule has 0 spiro atoms. The van der Waals surface area contributed by atoms with Gasteiger partial charge in [0, 0.05) is 24.0 Å². The predicted molar refractivity (Wildman–Crippen MR) is 174 cm³/mol. The number of amides is 2. The zero-order valence-corrected chi connectivity index (χ0v) is 26.9. The number of hydrogen-bond donors (Lipinski definition) is 1. The van der Waals surface area contributed by atoms with Gasteiger partial charge in [0.1, 0.15) is 12.6 Å². The summed E-state index contributed by atoms with van der Waals surface area (Å²) in [6.07, 6.45) is 0.265. The van der Waals surface area contributed by atoms with E-state index in [2.05, 4.69) is 21.2 Å². The van der Waals surface area contributed by atoms with Crippen LogP contribution in [-0.2, 0) is 32.6 Å². The van der Waals surface area contributed by atoms with Crippen LogP contribution in [0.15, 0.2) is 112 Å². The largest absolute Gasteiger partial charge is 0.355 e. The van der Waals surface area contributed by atoms with Crippen LogP contribution in [0.2, 0.25) is 0 Å². The normalized spacial score (nSPS) is 11.9. The van der Waals surface area contributed by atoms with Crippen molar-refractivity contribution in [2.45, 2.75) is 44.7 Å². The lowest BCUT2D eigenvalue weighted by molar-refractivity contribution is -0.140. The van der Waals surface area contributed by atoms with E-state index < -0.39 is 28.5 Å². The van der Waals surface area contributed by atoms with Crippen LogP contribution in [0.1, 0.15) is 29.2 Å². The highest BCUT2D eigenvalue weighted by molar-refractivity contribution is 9.10. The number of nitrogens with one attached hydrogen (secondary N) is 1. The average Bonchev–Trinajstić information content (AvgIpc) is 2.98. The number of carbonyl (C=O) groups excluding carboxylic acids is 2. The molecule has 0 aliphatic heterocycles. The van der Waals surface area contributed by atoms with Crippen LogP contribution < -0.4 is 9.62 Å². The molecule has 0 saturated carbocycles. The first-order valence-electron chi connectivity index (χ1n) is 14.1. The van der Waals surface area contributed by atoms with Gasteiger partial charge in [0.15, 0.2) is 0 Å². The number of likely N-dealkylation sites (N-methyl/N-ethyl adjacent to an activating group) is 1. The molecule has 1 atom stereocenters. The molecule has 1 N–H and O–H groups in total. The molecular weight excluding hydrogens is 626 g/mol. The Morgan fingerprint density at radius 1 is 0.814 bits per heavy atom. The Morgan fingerprint density at radius 2 is 1.42 bits per heavy atom. The smallest absolute Gasteiger partial charge is 0.264 e. The molecule has 4 aromatic carbocycles. The van der Waals surface area contributed by atoms with E-state index in [9.17, 15) is 18.0 Å². The predicted octanol–water partition coefficient (Wildman–Crippen LogP) is 6.04. The van der Waals surface area contributed by atoms with E-state index in [0.717, 1.165) is 31.0 Å². The lowest BCUT2D eigenvalue weighted by Gasteiger charge is -2.34. The van der Waals surface area contributed by atoms with Gasteiger partial charge in [-0.05, 0) is 79.4 Å². The van der Waals surface area contributed by atoms with E-state index in [4.69, 9.17) is 0 Å². The number of aryl methyl sites for hydroxylation is 2. The summed E-state index contributed by atoms with van der Waals surface area (Å²) in [5, 5.41) is 2.88. The summed E-state index contributed by atoms with van der Waals surface area (Å²) in [5.41, 5.74) is 3.80. The van der Waals surface area contributed by atoms with E-state index in [1.807, 2.05) is 81.4 Å². The highest BCUT2D eigenvalue weighted by Gasteiger charge is 2.34. The number of carbonyl (C=O) groups is 2. The molecule has 2 amide bonds. The van der Waals surface area contributed by atoms with Gasteiger partial charge < -0.3 is 10.2 Å². The van der Waals surface area contributed by atoms with Crippen LogP contribution in [0.4, 0.5) is 5.69 Å². The number of sulfonamides is 1. The second kappa shape index (κ2) is 14.5. The van der Waals surface area contributed by atoms with Crippen molar-refractivity contribution in [1.29, 1.82) is 0 Å². The summed E-state index contributed by atoms with van der Waals surface area (Å²) in [5.74, 6) is -0.801. The van der Waals surface area contributed by atoms with Crippen LogP contribution in [-0.4, -0.2) is 44.3 Å². The molecule has 4 rings (SSSR count). The average molecular weight is 663 g/mol. The highest BCUT2D eigenvalue weighted by Crippen LogP contribution is 2.27. The number of benzene rings is 4. The third-order valence-electron chi connectivity index (χ3n) is 6.97. The van der Waals surface area contributed by atoms with Crippen molar-refractivity contribution < 1.29 is 18.0 Å². The molecule has 4 aromatic rings. The van der Waals surface area contributed by atoms with Crippen molar-refractivity contribution in [3.63, 3.8) is 0 Å². The summed E-state index contributed by atoms with van der Waals surface area (Å²) < 4.78 is 30.1. The molecule has 9 heteroatoms. The first-order chi connectivity index (χ1) is 20.6. The third kappa shape index (κ3) is 8.33. The van der Waals surface area contributed by atoms with Crippen molar-refractivity contribution in [3.8, 4) is 0 Å². The van der Waals surface area contributed by atoms with Gasteiger partial charge in [-0.25, -0.2) is 8.42 Å². The lowest BCUT2D eigenvalue weighted by atomic mass is 10.0. The van der Waals surface area contributed by atoms with Gasteiger partial charge in [0.2, 0.25) is 11.8 Å². The number of anilines is 1. The Kier molecular flexibility index (Phi) is 10.8. The number of hydrogen-bond acceptors (Lipinski definition) is 4. The maximum Gasteiger partial charge on any atom is 0.264 e. The maximum absolute atomic E-state index is 14.4. The van der Waals surface area contributed by atoms with E-state index in [-0.39, 0.29) is 23.8 Å². The van der Waals surface area contributed by atoms with Gasteiger partial charge in [-0.1, -0.05) is 82.7 Å². The monoisotopic (exact) mass is 661 g/mol. The van der Waals surface area contributed by atoms with Crippen LogP contribution in [0.25, 0.3) is 0 Å². The van der Waals surface area contributed by atoms with Gasteiger partial charge in [0.05, 0.1) is 10.6 Å². The van der Waals surface area contributed by atoms with Gasteiger partial charge >= 0.3 is 0 Å². The molecule has 43 heavy (non-hydrogen) atoms.